The zero-order valence-corrected chi connectivity index (χ0v) is 17.1. The monoisotopic (exact) mass is 414 g/mol. The lowest BCUT2D eigenvalue weighted by molar-refractivity contribution is -0.151. The number of carbonyl (C=O) groups excluding carboxylic acids is 2. The van der Waals surface area contributed by atoms with Gasteiger partial charge in [0, 0.05) is 10.9 Å². The van der Waals surface area contributed by atoms with E-state index in [2.05, 4.69) is 10.6 Å². The van der Waals surface area contributed by atoms with Gasteiger partial charge >= 0.3 is 5.97 Å². The minimum Gasteiger partial charge on any atom is -0.481 e. The molecule has 1 aromatic heterocycles. The van der Waals surface area contributed by atoms with Gasteiger partial charge in [0.1, 0.15) is 5.00 Å². The van der Waals surface area contributed by atoms with Crippen molar-refractivity contribution in [3.05, 3.63) is 28.2 Å². The molecule has 1 heterocycles. The third-order valence-corrected chi connectivity index (χ3v) is 8.09. The molecule has 5 aliphatic carbocycles. The maximum atomic E-state index is 13.3. The van der Waals surface area contributed by atoms with Gasteiger partial charge in [0.05, 0.1) is 17.4 Å². The summed E-state index contributed by atoms with van der Waals surface area (Å²) in [6, 6.07) is 0.251. The highest BCUT2D eigenvalue weighted by Crippen LogP contribution is 2.46. The Bertz CT molecular complexity index is 901. The number of anilines is 1. The first-order valence-corrected chi connectivity index (χ1v) is 11.5. The summed E-state index contributed by atoms with van der Waals surface area (Å²) in [4.78, 5) is 39.3. The van der Waals surface area contributed by atoms with Crippen LogP contribution in [0, 0.1) is 23.7 Å². The predicted molar refractivity (Wildman–Crippen MR) is 110 cm³/mol. The van der Waals surface area contributed by atoms with E-state index < -0.39 is 17.8 Å². The van der Waals surface area contributed by atoms with Crippen LogP contribution in [0.25, 0.3) is 0 Å². The van der Waals surface area contributed by atoms with Crippen molar-refractivity contribution in [2.24, 2.45) is 23.7 Å². The number of hydrogen-bond acceptors (Lipinski definition) is 4. The molecule has 5 aliphatic rings. The molecule has 0 saturated heterocycles. The van der Waals surface area contributed by atoms with Crippen LogP contribution >= 0.6 is 11.3 Å². The van der Waals surface area contributed by atoms with E-state index in [4.69, 9.17) is 0 Å². The molecule has 0 radical (unpaired) electrons. The zero-order valence-electron chi connectivity index (χ0n) is 16.3. The van der Waals surface area contributed by atoms with Crippen molar-refractivity contribution in [3.63, 3.8) is 0 Å². The highest BCUT2D eigenvalue weighted by atomic mass is 32.1. The van der Waals surface area contributed by atoms with E-state index in [9.17, 15) is 19.5 Å². The average Bonchev–Trinajstić information content (AvgIpc) is 3.45. The Kier molecular flexibility index (Phi) is 4.73. The summed E-state index contributed by atoms with van der Waals surface area (Å²) in [6.07, 6.45) is 11.6. The molecule has 29 heavy (non-hydrogen) atoms. The number of allylic oxidation sites excluding steroid dienone is 2. The summed E-state index contributed by atoms with van der Waals surface area (Å²) < 4.78 is 0. The van der Waals surface area contributed by atoms with Crippen LogP contribution < -0.4 is 10.6 Å². The van der Waals surface area contributed by atoms with Crippen LogP contribution in [0.4, 0.5) is 5.00 Å². The van der Waals surface area contributed by atoms with Crippen LogP contribution in [0.1, 0.15) is 59.3 Å². The van der Waals surface area contributed by atoms with Gasteiger partial charge in [-0.3, -0.25) is 14.4 Å². The smallest absolute Gasteiger partial charge is 0.307 e. The van der Waals surface area contributed by atoms with E-state index in [0.717, 1.165) is 56.9 Å². The average molecular weight is 415 g/mol. The van der Waals surface area contributed by atoms with Crippen molar-refractivity contribution >= 4 is 34.1 Å². The third-order valence-electron chi connectivity index (χ3n) is 6.88. The van der Waals surface area contributed by atoms with Crippen molar-refractivity contribution in [2.45, 2.75) is 57.4 Å². The zero-order chi connectivity index (χ0) is 20.1. The van der Waals surface area contributed by atoms with Gasteiger partial charge in [-0.15, -0.1) is 11.3 Å². The Hall–Kier alpha value is -2.15. The van der Waals surface area contributed by atoms with Gasteiger partial charge in [-0.1, -0.05) is 12.2 Å². The fraction of sp³-hybridized carbons (Fsp3) is 0.591. The molecular weight excluding hydrogens is 388 g/mol. The van der Waals surface area contributed by atoms with Crippen molar-refractivity contribution in [2.75, 3.05) is 5.32 Å². The molecule has 0 aromatic carbocycles. The van der Waals surface area contributed by atoms with Gasteiger partial charge in [-0.05, 0) is 68.8 Å². The lowest BCUT2D eigenvalue weighted by atomic mass is 9.62. The van der Waals surface area contributed by atoms with Gasteiger partial charge in [0.15, 0.2) is 0 Å². The maximum Gasteiger partial charge on any atom is 0.307 e. The largest absolute Gasteiger partial charge is 0.481 e. The Morgan fingerprint density at radius 2 is 1.66 bits per heavy atom. The minimum absolute atomic E-state index is 0.0422. The highest BCUT2D eigenvalue weighted by Gasteiger charge is 2.48. The summed E-state index contributed by atoms with van der Waals surface area (Å²) in [5.41, 5.74) is 1.70. The van der Waals surface area contributed by atoms with Crippen LogP contribution in [-0.4, -0.2) is 28.9 Å². The number of aliphatic carboxylic acids is 1. The van der Waals surface area contributed by atoms with E-state index in [1.54, 1.807) is 0 Å². The van der Waals surface area contributed by atoms with E-state index in [0.29, 0.717) is 10.6 Å². The number of nitrogens with one attached hydrogen (secondary N) is 2. The Morgan fingerprint density at radius 1 is 0.966 bits per heavy atom. The first kappa shape index (κ1) is 18.9. The molecule has 154 valence electrons. The molecule has 4 atom stereocenters. The fourth-order valence-corrected chi connectivity index (χ4v) is 6.55. The number of carbonyl (C=O) groups is 3. The molecule has 6 nitrogen and oxygen atoms in total. The van der Waals surface area contributed by atoms with Gasteiger partial charge in [-0.2, -0.15) is 0 Å². The normalized spacial score (nSPS) is 29.9. The molecule has 3 N–H and O–H groups in total. The molecule has 2 bridgehead atoms. The standard InChI is InChI=1S/C22H26N2O4S/c25-19(16-11-5-7-12(8-6-11)17(16)22(27)28)24-21-18(20(26)23-13-9-10-13)14-3-1-2-4-15(14)29-21/h5,7,11-13,16-17H,1-4,6,8-10H2,(H,23,26)(H,24,25)(H,27,28)/t11-,12-,16+,17-/m0/s1. The topological polar surface area (TPSA) is 95.5 Å². The summed E-state index contributed by atoms with van der Waals surface area (Å²) in [5.74, 6) is -2.63. The molecule has 2 amide bonds. The van der Waals surface area contributed by atoms with E-state index in [-0.39, 0.29) is 29.7 Å². The lowest BCUT2D eigenvalue weighted by Crippen LogP contribution is -2.47. The van der Waals surface area contributed by atoms with E-state index in [1.807, 2.05) is 12.2 Å². The number of fused-ring (bicyclic) bond motifs is 3. The highest BCUT2D eigenvalue weighted by molar-refractivity contribution is 7.17. The summed E-state index contributed by atoms with van der Waals surface area (Å²) in [5, 5.41) is 16.4. The second-order valence-corrected chi connectivity index (χ2v) is 9.94. The van der Waals surface area contributed by atoms with Crippen LogP contribution in [0.3, 0.4) is 0 Å². The molecule has 2 saturated carbocycles. The summed E-state index contributed by atoms with van der Waals surface area (Å²) in [7, 11) is 0. The lowest BCUT2D eigenvalue weighted by Gasteiger charge is -2.41. The number of rotatable bonds is 5. The first-order valence-electron chi connectivity index (χ1n) is 10.7. The second-order valence-electron chi connectivity index (χ2n) is 8.83. The van der Waals surface area contributed by atoms with Gasteiger partial charge in [0.25, 0.3) is 5.91 Å². The van der Waals surface area contributed by atoms with Crippen molar-refractivity contribution in [1.29, 1.82) is 0 Å². The quantitative estimate of drug-likeness (QED) is 0.644. The Morgan fingerprint density at radius 3 is 2.31 bits per heavy atom. The van der Waals surface area contributed by atoms with Crippen LogP contribution in [-0.2, 0) is 22.4 Å². The fourth-order valence-electron chi connectivity index (χ4n) is 5.26. The van der Waals surface area contributed by atoms with Gasteiger partial charge < -0.3 is 15.7 Å². The van der Waals surface area contributed by atoms with Crippen LogP contribution in [0.5, 0.6) is 0 Å². The number of thiophene rings is 1. The second kappa shape index (κ2) is 7.27. The third kappa shape index (κ3) is 3.39. The molecule has 0 aliphatic heterocycles. The Labute approximate surface area is 173 Å². The SMILES string of the molecule is O=C(NC1CC1)c1c(NC(=O)[C@H]2[C@@H](C(=O)O)[C@H]3C=C[C@H]2CC3)sc2c1CCCC2. The van der Waals surface area contributed by atoms with Crippen LogP contribution in [0.15, 0.2) is 12.2 Å². The molecule has 0 unspecified atom stereocenters. The molecule has 2 fully saturated rings. The molecule has 6 rings (SSSR count). The van der Waals surface area contributed by atoms with E-state index in [1.165, 1.54) is 16.2 Å². The molecular formula is C22H26N2O4S. The number of amides is 2. The molecule has 0 spiro atoms. The number of hydrogen-bond donors (Lipinski definition) is 3. The number of carboxylic acid groups (broad SMARTS) is 1. The maximum absolute atomic E-state index is 13.3. The minimum atomic E-state index is -0.902. The Balaban J connectivity index is 1.44. The summed E-state index contributed by atoms with van der Waals surface area (Å²) >= 11 is 1.50. The van der Waals surface area contributed by atoms with Crippen molar-refractivity contribution < 1.29 is 19.5 Å². The molecule has 1 aromatic rings. The number of aryl methyl sites for hydroxylation is 1. The van der Waals surface area contributed by atoms with Gasteiger partial charge in [-0.25, -0.2) is 0 Å². The van der Waals surface area contributed by atoms with E-state index >= 15 is 0 Å². The van der Waals surface area contributed by atoms with Crippen molar-refractivity contribution in [1.82, 2.24) is 5.32 Å². The first-order chi connectivity index (χ1) is 14.0. The predicted octanol–water partition coefficient (Wildman–Crippen LogP) is 3.37. The number of carboxylic acids is 1. The summed E-state index contributed by atoms with van der Waals surface area (Å²) in [6.45, 7) is 0. The van der Waals surface area contributed by atoms with Gasteiger partial charge in [0.2, 0.25) is 5.91 Å². The van der Waals surface area contributed by atoms with Crippen molar-refractivity contribution in [3.8, 4) is 0 Å². The van der Waals surface area contributed by atoms with Crippen LogP contribution in [0.2, 0.25) is 0 Å². The molecule has 7 heteroatoms.